The molecule has 2 atom stereocenters. The van der Waals surface area contributed by atoms with E-state index in [0.717, 1.165) is 14.9 Å². The molecule has 2 aromatic rings. The molecule has 9 heteroatoms. The first-order chi connectivity index (χ1) is 16.9. The normalized spacial score (nSPS) is 20.7. The SMILES string of the molecule is COC(=O)N1C[C@@H](O[Si](C)(C)C(C)(C)C)CC([Se]c2ccccc2)(C(=O)OCc2ccccc2)C1=O. The first kappa shape index (κ1) is 28.1. The molecule has 0 bridgehead atoms. The summed E-state index contributed by atoms with van der Waals surface area (Å²) in [7, 11) is -1.06. The number of carbonyl (C=O) groups is 3. The molecular weight excluding hydrogens is 541 g/mol. The topological polar surface area (TPSA) is 82.1 Å². The summed E-state index contributed by atoms with van der Waals surface area (Å²) in [6, 6.07) is 18.7. The quantitative estimate of drug-likeness (QED) is 0.278. The number of benzene rings is 2. The molecular formula is C27H35NO6SeSi. The summed E-state index contributed by atoms with van der Waals surface area (Å²) in [5.74, 6) is -1.23. The van der Waals surface area contributed by atoms with Gasteiger partial charge in [-0.25, -0.2) is 0 Å². The third kappa shape index (κ3) is 6.26. The molecule has 1 heterocycles. The standard InChI is InChI=1S/C27H35NO6SeSi/c1-26(2,3)36(5,6)34-21-17-27(35-22-15-11-8-12-16-22,23(29)28(18-21)25(31)32-4)24(30)33-19-20-13-9-7-10-14-20/h7-16,21H,17-19H2,1-6H3/t21-,27?/m0/s1. The average molecular weight is 577 g/mol. The van der Waals surface area contributed by atoms with Crippen LogP contribution < -0.4 is 4.46 Å². The van der Waals surface area contributed by atoms with Crippen molar-refractivity contribution in [2.75, 3.05) is 13.7 Å². The van der Waals surface area contributed by atoms with E-state index in [1.54, 1.807) is 0 Å². The van der Waals surface area contributed by atoms with Gasteiger partial charge < -0.3 is 0 Å². The van der Waals surface area contributed by atoms with Crippen molar-refractivity contribution in [3.05, 3.63) is 66.2 Å². The summed E-state index contributed by atoms with van der Waals surface area (Å²) in [6.45, 7) is 10.7. The van der Waals surface area contributed by atoms with Crippen molar-refractivity contribution in [3.8, 4) is 0 Å². The predicted octanol–water partition coefficient (Wildman–Crippen LogP) is 4.31. The number of hydrogen-bond donors (Lipinski definition) is 0. The van der Waals surface area contributed by atoms with E-state index in [1.807, 2.05) is 60.7 Å². The van der Waals surface area contributed by atoms with Gasteiger partial charge in [0, 0.05) is 0 Å². The van der Waals surface area contributed by atoms with Gasteiger partial charge in [0.15, 0.2) is 0 Å². The van der Waals surface area contributed by atoms with Crippen molar-refractivity contribution in [1.29, 1.82) is 0 Å². The summed E-state index contributed by atoms with van der Waals surface area (Å²) in [5, 5.41) is -0.0917. The Bertz CT molecular complexity index is 1070. The van der Waals surface area contributed by atoms with Gasteiger partial charge in [-0.2, -0.15) is 0 Å². The van der Waals surface area contributed by atoms with Crippen molar-refractivity contribution in [2.45, 2.75) is 62.3 Å². The zero-order valence-electron chi connectivity index (χ0n) is 21.8. The monoisotopic (exact) mass is 577 g/mol. The third-order valence-corrected chi connectivity index (χ3v) is 14.1. The van der Waals surface area contributed by atoms with Crippen LogP contribution in [0.1, 0.15) is 32.8 Å². The third-order valence-electron chi connectivity index (χ3n) is 6.73. The minimum atomic E-state index is -2.28. The van der Waals surface area contributed by atoms with Crippen LogP contribution in [0.2, 0.25) is 22.4 Å². The Kier molecular flexibility index (Phi) is 8.82. The number of piperidine rings is 1. The maximum atomic E-state index is 13.9. The number of imide groups is 1. The number of nitrogens with zero attached hydrogens (tertiary/aromatic N) is 1. The fourth-order valence-electron chi connectivity index (χ4n) is 3.74. The van der Waals surface area contributed by atoms with Crippen molar-refractivity contribution in [2.24, 2.45) is 0 Å². The van der Waals surface area contributed by atoms with Gasteiger partial charge in [0.05, 0.1) is 0 Å². The molecule has 2 amide bonds. The summed E-state index contributed by atoms with van der Waals surface area (Å²) in [5.41, 5.74) is 0.815. The number of ether oxygens (including phenoxy) is 2. The van der Waals surface area contributed by atoms with Gasteiger partial charge in [0.1, 0.15) is 0 Å². The van der Waals surface area contributed by atoms with Crippen molar-refractivity contribution in [1.82, 2.24) is 4.90 Å². The van der Waals surface area contributed by atoms with Crippen LogP contribution in [0.15, 0.2) is 60.7 Å². The molecule has 2 aromatic carbocycles. The summed E-state index contributed by atoms with van der Waals surface area (Å²) in [4.78, 5) is 41.5. The Hall–Kier alpha value is -2.45. The molecule has 1 fully saturated rings. The average Bonchev–Trinajstić information content (AvgIpc) is 2.84. The van der Waals surface area contributed by atoms with Gasteiger partial charge in [0.25, 0.3) is 0 Å². The maximum absolute atomic E-state index is 13.9. The first-order valence-corrected chi connectivity index (χ1v) is 16.5. The van der Waals surface area contributed by atoms with E-state index in [0.29, 0.717) is 0 Å². The van der Waals surface area contributed by atoms with Crippen molar-refractivity contribution >= 4 is 45.7 Å². The Morgan fingerprint density at radius 3 is 2.19 bits per heavy atom. The molecule has 1 saturated heterocycles. The fourth-order valence-corrected chi connectivity index (χ4v) is 7.83. The number of carbonyl (C=O) groups excluding carboxylic acids is 3. The fraction of sp³-hybridized carbons (Fsp3) is 0.444. The van der Waals surface area contributed by atoms with Crippen molar-refractivity contribution in [3.63, 3.8) is 0 Å². The predicted molar refractivity (Wildman–Crippen MR) is 142 cm³/mol. The molecule has 0 spiro atoms. The number of hydrogen-bond acceptors (Lipinski definition) is 6. The van der Waals surface area contributed by atoms with E-state index < -0.39 is 51.7 Å². The van der Waals surface area contributed by atoms with E-state index in [2.05, 4.69) is 33.9 Å². The van der Waals surface area contributed by atoms with E-state index in [4.69, 9.17) is 13.9 Å². The van der Waals surface area contributed by atoms with E-state index in [1.165, 1.54) is 7.11 Å². The molecule has 1 aliphatic heterocycles. The van der Waals surface area contributed by atoms with Crippen LogP contribution in [0.3, 0.4) is 0 Å². The molecule has 1 unspecified atom stereocenters. The first-order valence-electron chi connectivity index (χ1n) is 11.9. The number of likely N-dealkylation sites (tertiary alicyclic amines) is 1. The van der Waals surface area contributed by atoms with Gasteiger partial charge in [-0.3, -0.25) is 0 Å². The molecule has 0 radical (unpaired) electrons. The molecule has 1 aliphatic rings. The van der Waals surface area contributed by atoms with E-state index >= 15 is 0 Å². The van der Waals surface area contributed by atoms with Crippen LogP contribution in [-0.2, 0) is 30.1 Å². The van der Waals surface area contributed by atoms with E-state index in [-0.39, 0.29) is 24.6 Å². The molecule has 3 rings (SSSR count). The molecule has 194 valence electrons. The van der Waals surface area contributed by atoms with Crippen LogP contribution in [0.4, 0.5) is 4.79 Å². The van der Waals surface area contributed by atoms with Crippen molar-refractivity contribution < 1.29 is 28.3 Å². The summed E-state index contributed by atoms with van der Waals surface area (Å²) < 4.78 is 16.6. The molecule has 0 N–H and O–H groups in total. The number of amides is 2. The zero-order valence-corrected chi connectivity index (χ0v) is 24.5. The molecule has 36 heavy (non-hydrogen) atoms. The van der Waals surface area contributed by atoms with Crippen LogP contribution in [0.5, 0.6) is 0 Å². The second-order valence-electron chi connectivity index (χ2n) is 10.4. The van der Waals surface area contributed by atoms with Gasteiger partial charge in [-0.1, -0.05) is 0 Å². The van der Waals surface area contributed by atoms with Gasteiger partial charge in [-0.05, 0) is 0 Å². The Balaban J connectivity index is 2.03. The number of rotatable bonds is 7. The Labute approximate surface area is 220 Å². The zero-order chi connectivity index (χ0) is 26.6. The molecule has 0 aliphatic carbocycles. The van der Waals surface area contributed by atoms with Crippen LogP contribution >= 0.6 is 0 Å². The molecule has 7 nitrogen and oxygen atoms in total. The van der Waals surface area contributed by atoms with Gasteiger partial charge in [0.2, 0.25) is 0 Å². The molecule has 0 saturated carbocycles. The second kappa shape index (κ2) is 11.3. The number of methoxy groups -OCH3 is 1. The van der Waals surface area contributed by atoms with Crippen LogP contribution in [0.25, 0.3) is 0 Å². The Morgan fingerprint density at radius 1 is 1.06 bits per heavy atom. The van der Waals surface area contributed by atoms with Crippen LogP contribution in [0, 0.1) is 0 Å². The van der Waals surface area contributed by atoms with Gasteiger partial charge in [-0.15, -0.1) is 0 Å². The van der Waals surface area contributed by atoms with E-state index in [9.17, 15) is 14.4 Å². The minimum absolute atomic E-state index is 0.0333. The Morgan fingerprint density at radius 2 is 1.64 bits per heavy atom. The molecule has 0 aromatic heterocycles. The summed E-state index contributed by atoms with van der Waals surface area (Å²) in [6.07, 6.45) is -1.17. The number of esters is 1. The summed E-state index contributed by atoms with van der Waals surface area (Å²) >= 11 is -0.666. The van der Waals surface area contributed by atoms with Crippen LogP contribution in [-0.4, -0.2) is 65.9 Å². The van der Waals surface area contributed by atoms with Gasteiger partial charge >= 0.3 is 221 Å². The second-order valence-corrected chi connectivity index (χ2v) is 18.0.